The number of hydrogen-bond donors (Lipinski definition) is 1. The fraction of sp³-hybridized carbons (Fsp3) is 0. The normalized spacial score (nSPS) is 7.20. The molecule has 0 saturated carbocycles. The van der Waals surface area contributed by atoms with E-state index in [1.54, 1.807) is 0 Å². The second kappa shape index (κ2) is 4.79. The van der Waals surface area contributed by atoms with Crippen molar-refractivity contribution in [1.82, 2.24) is 9.61 Å². The molecule has 0 atom stereocenters. The van der Waals surface area contributed by atoms with E-state index in [4.69, 9.17) is 0 Å². The van der Waals surface area contributed by atoms with E-state index in [0.29, 0.717) is 3.46 Å². The van der Waals surface area contributed by atoms with Crippen molar-refractivity contribution in [2.24, 2.45) is 0 Å². The summed E-state index contributed by atoms with van der Waals surface area (Å²) in [6.45, 7) is 0. The Morgan fingerprint density at radius 3 is 1.00 bits per heavy atom. The molecule has 0 heterocycles. The van der Waals surface area contributed by atoms with Crippen molar-refractivity contribution in [2.45, 2.75) is 0 Å². The number of rotatable bonds is 0. The topological polar surface area (TPSA) is 38.2 Å². The number of halogens is 3. The molecule has 0 aliphatic heterocycles. The summed E-state index contributed by atoms with van der Waals surface area (Å²) in [6.07, 6.45) is 0. The lowest BCUT2D eigenvalue weighted by atomic mass is 13.9. The minimum absolute atomic E-state index is 0. The van der Waals surface area contributed by atoms with Crippen LogP contribution in [0.1, 0.15) is 0 Å². The standard InChI is InChI=1S/Cl3N.H3N/c1-4(2)3;/h;1H3. The van der Waals surface area contributed by atoms with Gasteiger partial charge in [-0.15, -0.1) is 0 Å². The van der Waals surface area contributed by atoms with Crippen molar-refractivity contribution in [3.05, 3.63) is 0 Å². The molecule has 0 unspecified atom stereocenters. The maximum atomic E-state index is 4.64. The Morgan fingerprint density at radius 2 is 1.00 bits per heavy atom. The van der Waals surface area contributed by atoms with Crippen LogP contribution in [0, 0.1) is 0 Å². The summed E-state index contributed by atoms with van der Waals surface area (Å²) in [5.74, 6) is 0. The minimum atomic E-state index is 0. The molecule has 0 aromatic carbocycles. The molecule has 3 N–H and O–H groups in total. The Kier molecular flexibility index (Phi) is 8.86. The first-order valence-electron chi connectivity index (χ1n) is 0.507. The van der Waals surface area contributed by atoms with Gasteiger partial charge in [0.1, 0.15) is 0 Å². The molecule has 0 aliphatic carbocycles. The van der Waals surface area contributed by atoms with E-state index < -0.39 is 0 Å². The van der Waals surface area contributed by atoms with Crippen molar-refractivity contribution in [1.29, 1.82) is 0 Å². The Balaban J connectivity index is 0. The first-order chi connectivity index (χ1) is 1.73. The van der Waals surface area contributed by atoms with Crippen molar-refractivity contribution < 1.29 is 0 Å². The van der Waals surface area contributed by atoms with E-state index in [-0.39, 0.29) is 6.15 Å². The van der Waals surface area contributed by atoms with Crippen LogP contribution < -0.4 is 6.15 Å². The van der Waals surface area contributed by atoms with Crippen LogP contribution in [0.2, 0.25) is 0 Å². The summed E-state index contributed by atoms with van der Waals surface area (Å²) < 4.78 is 0.417. The molecule has 0 aromatic rings. The highest BCUT2D eigenvalue weighted by atomic mass is 35.6. The molecule has 2 nitrogen and oxygen atoms in total. The van der Waals surface area contributed by atoms with E-state index in [2.05, 4.69) is 35.3 Å². The molecule has 34 valence electrons. The van der Waals surface area contributed by atoms with Gasteiger partial charge in [-0.05, 0) is 3.46 Å². The van der Waals surface area contributed by atoms with Gasteiger partial charge in [0.15, 0.2) is 0 Å². The first kappa shape index (κ1) is 9.25. The van der Waals surface area contributed by atoms with Gasteiger partial charge in [0.25, 0.3) is 0 Å². The van der Waals surface area contributed by atoms with Gasteiger partial charge in [-0.1, -0.05) is 0 Å². The van der Waals surface area contributed by atoms with Gasteiger partial charge in [0.2, 0.25) is 0 Å². The van der Waals surface area contributed by atoms with E-state index in [9.17, 15) is 0 Å². The molecule has 0 rings (SSSR count). The first-order valence-corrected chi connectivity index (χ1v) is 1.52. The van der Waals surface area contributed by atoms with Gasteiger partial charge in [0, 0.05) is 35.3 Å². The van der Waals surface area contributed by atoms with Crippen LogP contribution in [0.5, 0.6) is 0 Å². The van der Waals surface area contributed by atoms with Gasteiger partial charge in [-0.3, -0.25) is 0 Å². The molecule has 0 saturated heterocycles. The summed E-state index contributed by atoms with van der Waals surface area (Å²) in [6, 6.07) is 0. The smallest absolute Gasteiger partial charge is 0.0127 e. The highest BCUT2D eigenvalue weighted by Crippen LogP contribution is 1.99. The maximum Gasteiger partial charge on any atom is 0.0127 e. The summed E-state index contributed by atoms with van der Waals surface area (Å²) >= 11 is 13.9. The maximum absolute atomic E-state index is 4.64. The predicted octanol–water partition coefficient (Wildman–Crippen LogP) is 1.91. The quantitative estimate of drug-likeness (QED) is 0.518. The minimum Gasteiger partial charge on any atom is -0.344 e. The van der Waals surface area contributed by atoms with E-state index >= 15 is 0 Å². The zero-order valence-corrected chi connectivity index (χ0v) is 4.56. The lowest BCUT2D eigenvalue weighted by Gasteiger charge is -1.74. The molecule has 0 aromatic heterocycles. The summed E-state index contributed by atoms with van der Waals surface area (Å²) in [7, 11) is 0. The van der Waals surface area contributed by atoms with Gasteiger partial charge in [-0.25, -0.2) is 0 Å². The average molecular weight is 137 g/mol. The lowest BCUT2D eigenvalue weighted by molar-refractivity contribution is 1.20. The van der Waals surface area contributed by atoms with Crippen molar-refractivity contribution >= 4 is 35.3 Å². The van der Waals surface area contributed by atoms with Crippen LogP contribution >= 0.6 is 35.3 Å². The fourth-order valence-corrected chi connectivity index (χ4v) is 0. The highest BCUT2D eigenvalue weighted by molar-refractivity contribution is 6.50. The van der Waals surface area contributed by atoms with Crippen LogP contribution in [-0.4, -0.2) is 3.46 Å². The monoisotopic (exact) mass is 136 g/mol. The molecule has 0 amide bonds. The van der Waals surface area contributed by atoms with E-state index in [1.165, 1.54) is 0 Å². The Labute approximate surface area is 45.5 Å². The van der Waals surface area contributed by atoms with Crippen LogP contribution in [-0.2, 0) is 0 Å². The molecular weight excluding hydrogens is 134 g/mol. The highest BCUT2D eigenvalue weighted by Gasteiger charge is 1.72. The summed E-state index contributed by atoms with van der Waals surface area (Å²) in [5.41, 5.74) is 0. The molecule has 5 heavy (non-hydrogen) atoms. The van der Waals surface area contributed by atoms with Gasteiger partial charge >= 0.3 is 0 Å². The van der Waals surface area contributed by atoms with Crippen LogP contribution in [0.15, 0.2) is 0 Å². The van der Waals surface area contributed by atoms with Crippen molar-refractivity contribution in [2.75, 3.05) is 0 Å². The zero-order chi connectivity index (χ0) is 3.58. The number of nitrogens with zero attached hydrogens (tertiary/aromatic N) is 1. The van der Waals surface area contributed by atoms with E-state index in [0.717, 1.165) is 0 Å². The lowest BCUT2D eigenvalue weighted by Crippen LogP contribution is -1.62. The van der Waals surface area contributed by atoms with Crippen molar-refractivity contribution in [3.63, 3.8) is 0 Å². The molecule has 0 fully saturated rings. The molecule has 5 heteroatoms. The third-order valence-electron chi connectivity index (χ3n) is 0. The molecule has 0 spiro atoms. The second-order valence-electron chi connectivity index (χ2n) is 0.192. The van der Waals surface area contributed by atoms with Crippen molar-refractivity contribution in [3.8, 4) is 0 Å². The average Bonchev–Trinajstić information content (AvgIpc) is 0.811. The predicted molar refractivity (Wildman–Crippen MR) is 24.4 cm³/mol. The summed E-state index contributed by atoms with van der Waals surface area (Å²) in [4.78, 5) is 0. The molecule has 0 bridgehead atoms. The molecule has 0 radical (unpaired) electrons. The second-order valence-corrected chi connectivity index (χ2v) is 1.72. The number of hydrogen-bond acceptors (Lipinski definition) is 2. The van der Waals surface area contributed by atoms with Crippen LogP contribution in [0.4, 0.5) is 0 Å². The SMILES string of the molecule is ClN(Cl)Cl.N. The zero-order valence-electron chi connectivity index (χ0n) is 2.29. The Bertz CT molecular complexity index is 9.61. The van der Waals surface area contributed by atoms with Crippen LogP contribution in [0.25, 0.3) is 0 Å². The Morgan fingerprint density at radius 1 is 1.00 bits per heavy atom. The Hall–Kier alpha value is 0.790. The van der Waals surface area contributed by atoms with Gasteiger partial charge in [-0.2, -0.15) is 0 Å². The molecule has 0 aliphatic rings. The fourth-order valence-electron chi connectivity index (χ4n) is 0. The third-order valence-corrected chi connectivity index (χ3v) is 0. The summed E-state index contributed by atoms with van der Waals surface area (Å²) in [5, 5.41) is 0. The van der Waals surface area contributed by atoms with Crippen LogP contribution in [0.3, 0.4) is 0 Å². The largest absolute Gasteiger partial charge is 0.344 e. The van der Waals surface area contributed by atoms with E-state index in [1.807, 2.05) is 0 Å². The van der Waals surface area contributed by atoms with Gasteiger partial charge in [0.05, 0.1) is 0 Å². The van der Waals surface area contributed by atoms with Gasteiger partial charge < -0.3 is 6.15 Å². The third kappa shape index (κ3) is 59.7. The molecular formula is H3Cl3N2.